The standard InChI is InChI=1S/C22H23N3O3S/c1-2-12-27-17-7-3-4-8-18(17)28-21-16(6-5-11-23-21)13-24-20(26)19-14-25-22(29-19)15-9-10-15/h3-8,11,14-15H,2,9-10,12-13H2,1H3,(H,24,26). The third kappa shape index (κ3) is 4.92. The van der Waals surface area contributed by atoms with Crippen LogP contribution in [0.1, 0.15) is 52.3 Å². The van der Waals surface area contributed by atoms with Gasteiger partial charge in [0.2, 0.25) is 5.88 Å². The molecule has 2 aromatic heterocycles. The van der Waals surface area contributed by atoms with Crippen LogP contribution in [0.15, 0.2) is 48.8 Å². The fourth-order valence-corrected chi connectivity index (χ4v) is 3.80. The first-order chi connectivity index (χ1) is 14.2. The number of aromatic nitrogens is 2. The number of benzene rings is 1. The highest BCUT2D eigenvalue weighted by Crippen LogP contribution is 2.41. The first-order valence-electron chi connectivity index (χ1n) is 9.82. The van der Waals surface area contributed by atoms with E-state index in [1.54, 1.807) is 12.4 Å². The number of hydrogen-bond acceptors (Lipinski definition) is 6. The van der Waals surface area contributed by atoms with Crippen molar-refractivity contribution >= 4 is 17.2 Å². The van der Waals surface area contributed by atoms with Gasteiger partial charge in [-0.2, -0.15) is 0 Å². The van der Waals surface area contributed by atoms with E-state index in [-0.39, 0.29) is 5.91 Å². The quantitative estimate of drug-likeness (QED) is 0.543. The molecule has 1 saturated carbocycles. The molecule has 1 aliphatic carbocycles. The van der Waals surface area contributed by atoms with Crippen molar-refractivity contribution in [1.82, 2.24) is 15.3 Å². The van der Waals surface area contributed by atoms with Gasteiger partial charge in [0.05, 0.1) is 17.8 Å². The van der Waals surface area contributed by atoms with Gasteiger partial charge in [-0.1, -0.05) is 25.1 Å². The molecule has 4 rings (SSSR count). The van der Waals surface area contributed by atoms with Crippen LogP contribution >= 0.6 is 11.3 Å². The van der Waals surface area contributed by atoms with Gasteiger partial charge in [-0.05, 0) is 37.5 Å². The van der Waals surface area contributed by atoms with Gasteiger partial charge in [0.25, 0.3) is 5.91 Å². The third-order valence-corrected chi connectivity index (χ3v) is 5.64. The molecule has 0 unspecified atom stereocenters. The number of carbonyl (C=O) groups excluding carboxylic acids is 1. The fourth-order valence-electron chi connectivity index (χ4n) is 2.79. The molecular weight excluding hydrogens is 386 g/mol. The van der Waals surface area contributed by atoms with E-state index in [0.717, 1.165) is 17.0 Å². The van der Waals surface area contributed by atoms with Crippen LogP contribution in [0.2, 0.25) is 0 Å². The smallest absolute Gasteiger partial charge is 0.263 e. The van der Waals surface area contributed by atoms with Crippen LogP contribution in [0.5, 0.6) is 17.4 Å². The van der Waals surface area contributed by atoms with Crippen LogP contribution in [0.25, 0.3) is 0 Å². The maximum atomic E-state index is 12.5. The summed E-state index contributed by atoms with van der Waals surface area (Å²) >= 11 is 1.48. The van der Waals surface area contributed by atoms with Crippen LogP contribution in [-0.2, 0) is 6.54 Å². The van der Waals surface area contributed by atoms with Gasteiger partial charge in [-0.25, -0.2) is 9.97 Å². The van der Waals surface area contributed by atoms with Gasteiger partial charge in [0.15, 0.2) is 11.5 Å². The number of rotatable bonds is 9. The molecule has 7 heteroatoms. The molecule has 0 spiro atoms. The van der Waals surface area contributed by atoms with Gasteiger partial charge in [-0.15, -0.1) is 11.3 Å². The first kappa shape index (κ1) is 19.4. The number of amides is 1. The summed E-state index contributed by atoms with van der Waals surface area (Å²) < 4.78 is 11.8. The second-order valence-corrected chi connectivity index (χ2v) is 7.95. The van der Waals surface area contributed by atoms with Crippen LogP contribution in [0, 0.1) is 0 Å². The molecular formula is C22H23N3O3S. The van der Waals surface area contributed by atoms with Crippen molar-refractivity contribution in [1.29, 1.82) is 0 Å². The van der Waals surface area contributed by atoms with Gasteiger partial charge < -0.3 is 14.8 Å². The minimum atomic E-state index is -0.129. The van der Waals surface area contributed by atoms with E-state index in [1.165, 1.54) is 24.2 Å². The summed E-state index contributed by atoms with van der Waals surface area (Å²) in [7, 11) is 0. The van der Waals surface area contributed by atoms with Crippen molar-refractivity contribution in [3.8, 4) is 17.4 Å². The van der Waals surface area contributed by atoms with Crippen molar-refractivity contribution in [3.05, 3.63) is 64.2 Å². The predicted molar refractivity (Wildman–Crippen MR) is 112 cm³/mol. The molecule has 29 heavy (non-hydrogen) atoms. The molecule has 0 saturated heterocycles. The predicted octanol–water partition coefficient (Wildman–Crippen LogP) is 4.93. The fraction of sp³-hybridized carbons (Fsp3) is 0.318. The van der Waals surface area contributed by atoms with E-state index in [4.69, 9.17) is 9.47 Å². The molecule has 1 N–H and O–H groups in total. The number of ether oxygens (including phenoxy) is 2. The summed E-state index contributed by atoms with van der Waals surface area (Å²) in [6.45, 7) is 2.99. The summed E-state index contributed by atoms with van der Waals surface area (Å²) in [5.74, 6) is 2.14. The normalized spacial score (nSPS) is 13.1. The second kappa shape index (κ2) is 9.05. The lowest BCUT2D eigenvalue weighted by Crippen LogP contribution is -2.22. The maximum absolute atomic E-state index is 12.5. The molecule has 150 valence electrons. The van der Waals surface area contributed by atoms with Crippen LogP contribution in [0.3, 0.4) is 0 Å². The Morgan fingerprint density at radius 2 is 2.00 bits per heavy atom. The number of para-hydroxylation sites is 2. The topological polar surface area (TPSA) is 73.3 Å². The van der Waals surface area contributed by atoms with Crippen LogP contribution in [-0.4, -0.2) is 22.5 Å². The average Bonchev–Trinajstić information content (AvgIpc) is 3.48. The number of nitrogens with zero attached hydrogens (tertiary/aromatic N) is 2. The van der Waals surface area contributed by atoms with Crippen molar-refractivity contribution in [2.24, 2.45) is 0 Å². The van der Waals surface area contributed by atoms with Crippen molar-refractivity contribution in [2.75, 3.05) is 6.61 Å². The molecule has 1 aromatic carbocycles. The highest BCUT2D eigenvalue weighted by Gasteiger charge is 2.27. The van der Waals surface area contributed by atoms with Gasteiger partial charge in [0.1, 0.15) is 4.88 Å². The monoisotopic (exact) mass is 409 g/mol. The Morgan fingerprint density at radius 3 is 2.79 bits per heavy atom. The summed E-state index contributed by atoms with van der Waals surface area (Å²) in [5, 5.41) is 4.00. The zero-order valence-electron chi connectivity index (χ0n) is 16.3. The Bertz CT molecular complexity index is 985. The third-order valence-electron chi connectivity index (χ3n) is 4.48. The van der Waals surface area contributed by atoms with Crippen LogP contribution < -0.4 is 14.8 Å². The van der Waals surface area contributed by atoms with Gasteiger partial charge in [-0.3, -0.25) is 4.79 Å². The highest BCUT2D eigenvalue weighted by molar-refractivity contribution is 7.13. The molecule has 0 aliphatic heterocycles. The van der Waals surface area contributed by atoms with E-state index in [2.05, 4.69) is 22.2 Å². The Labute approximate surface area is 173 Å². The highest BCUT2D eigenvalue weighted by atomic mass is 32.1. The van der Waals surface area contributed by atoms with E-state index >= 15 is 0 Å². The van der Waals surface area contributed by atoms with Gasteiger partial charge in [0, 0.05) is 24.2 Å². The largest absolute Gasteiger partial charge is 0.490 e. The number of nitrogens with one attached hydrogen (secondary N) is 1. The number of hydrogen-bond donors (Lipinski definition) is 1. The number of carbonyl (C=O) groups is 1. The summed E-state index contributed by atoms with van der Waals surface area (Å²) in [6.07, 6.45) is 6.59. The summed E-state index contributed by atoms with van der Waals surface area (Å²) in [5.41, 5.74) is 0.790. The van der Waals surface area contributed by atoms with Crippen molar-refractivity contribution in [2.45, 2.75) is 38.6 Å². The van der Waals surface area contributed by atoms with E-state index in [1.807, 2.05) is 36.4 Å². The lowest BCUT2D eigenvalue weighted by molar-refractivity contribution is 0.0954. The van der Waals surface area contributed by atoms with E-state index in [9.17, 15) is 4.79 Å². The Kier molecular flexibility index (Phi) is 6.05. The molecule has 1 aliphatic rings. The molecule has 0 bridgehead atoms. The second-order valence-electron chi connectivity index (χ2n) is 6.88. The summed E-state index contributed by atoms with van der Waals surface area (Å²) in [4.78, 5) is 21.8. The molecule has 2 heterocycles. The molecule has 6 nitrogen and oxygen atoms in total. The lowest BCUT2D eigenvalue weighted by Gasteiger charge is -2.13. The van der Waals surface area contributed by atoms with Crippen molar-refractivity contribution in [3.63, 3.8) is 0 Å². The summed E-state index contributed by atoms with van der Waals surface area (Å²) in [6, 6.07) is 11.2. The SMILES string of the molecule is CCCOc1ccccc1Oc1ncccc1CNC(=O)c1cnc(C2CC2)s1. The van der Waals surface area contributed by atoms with E-state index < -0.39 is 0 Å². The average molecular weight is 410 g/mol. The van der Waals surface area contributed by atoms with Crippen LogP contribution in [0.4, 0.5) is 0 Å². The van der Waals surface area contributed by atoms with E-state index in [0.29, 0.717) is 41.3 Å². The molecule has 3 aromatic rings. The molecule has 0 radical (unpaired) electrons. The Morgan fingerprint density at radius 1 is 1.17 bits per heavy atom. The molecule has 1 fully saturated rings. The first-order valence-corrected chi connectivity index (χ1v) is 10.6. The minimum Gasteiger partial charge on any atom is -0.490 e. The molecule has 0 atom stereocenters. The number of pyridine rings is 1. The number of thiazole rings is 1. The zero-order valence-corrected chi connectivity index (χ0v) is 17.1. The Balaban J connectivity index is 1.43. The van der Waals surface area contributed by atoms with Gasteiger partial charge >= 0.3 is 0 Å². The van der Waals surface area contributed by atoms with Crippen molar-refractivity contribution < 1.29 is 14.3 Å². The maximum Gasteiger partial charge on any atom is 0.263 e. The molecule has 1 amide bonds. The Hall–Kier alpha value is -2.93. The zero-order chi connectivity index (χ0) is 20.1. The minimum absolute atomic E-state index is 0.129. The lowest BCUT2D eigenvalue weighted by atomic mass is 10.2.